The molecule has 0 saturated heterocycles. The molecular weight excluding hydrogens is 395 g/mol. The predicted octanol–water partition coefficient (Wildman–Crippen LogP) is 5.97. The van der Waals surface area contributed by atoms with Crippen molar-refractivity contribution in [2.24, 2.45) is 0 Å². The van der Waals surface area contributed by atoms with E-state index in [0.29, 0.717) is 17.3 Å². The van der Waals surface area contributed by atoms with Crippen LogP contribution in [0.4, 0.5) is 10.2 Å². The van der Waals surface area contributed by atoms with Crippen molar-refractivity contribution in [3.05, 3.63) is 95.9 Å². The fraction of sp³-hybridized carbons (Fsp3) is 0.120. The van der Waals surface area contributed by atoms with E-state index in [4.69, 9.17) is 9.84 Å². The molecule has 0 unspecified atom stereocenters. The quantitative estimate of drug-likeness (QED) is 0.407. The van der Waals surface area contributed by atoms with Crippen molar-refractivity contribution in [2.45, 2.75) is 18.4 Å². The normalized spacial score (nSPS) is 14.2. The standard InChI is InChI=1S/C25H19FN2O3/c26-19-8-10-20(11-9-19)31-21-3-1-2-16-12-15-27-23(22(16)21)28-25(13-14-25)18-6-4-17(5-7-18)24(29)30/h1-12,15H,13-14H2,(H,27,28)(H,29,30). The van der Waals surface area contributed by atoms with Crippen LogP contribution in [0.1, 0.15) is 28.8 Å². The first-order chi connectivity index (χ1) is 15.0. The van der Waals surface area contributed by atoms with Crippen molar-refractivity contribution in [2.75, 3.05) is 5.32 Å². The Labute approximate surface area is 178 Å². The van der Waals surface area contributed by atoms with Crippen molar-refractivity contribution in [3.8, 4) is 11.5 Å². The lowest BCUT2D eigenvalue weighted by Crippen LogP contribution is -2.20. The van der Waals surface area contributed by atoms with Gasteiger partial charge in [0.1, 0.15) is 23.1 Å². The van der Waals surface area contributed by atoms with Crippen LogP contribution in [-0.4, -0.2) is 16.1 Å². The molecule has 0 spiro atoms. The number of nitrogens with one attached hydrogen (secondary N) is 1. The number of anilines is 1. The second-order valence-electron chi connectivity index (χ2n) is 7.66. The monoisotopic (exact) mass is 414 g/mol. The third-order valence-electron chi connectivity index (χ3n) is 5.59. The zero-order valence-electron chi connectivity index (χ0n) is 16.5. The average molecular weight is 414 g/mol. The molecule has 1 aliphatic rings. The molecule has 0 amide bonds. The molecule has 3 aromatic carbocycles. The molecule has 1 saturated carbocycles. The van der Waals surface area contributed by atoms with Crippen LogP contribution in [0.25, 0.3) is 10.8 Å². The molecule has 1 fully saturated rings. The third-order valence-corrected chi connectivity index (χ3v) is 5.59. The van der Waals surface area contributed by atoms with E-state index in [1.807, 2.05) is 36.4 Å². The van der Waals surface area contributed by atoms with Gasteiger partial charge in [-0.15, -0.1) is 0 Å². The van der Waals surface area contributed by atoms with Crippen molar-refractivity contribution < 1.29 is 19.0 Å². The number of ether oxygens (including phenoxy) is 1. The molecule has 0 atom stereocenters. The molecule has 5 rings (SSSR count). The van der Waals surface area contributed by atoms with Crippen LogP contribution in [0, 0.1) is 5.82 Å². The Morgan fingerprint density at radius 1 is 1.00 bits per heavy atom. The lowest BCUT2D eigenvalue weighted by Gasteiger charge is -2.21. The summed E-state index contributed by atoms with van der Waals surface area (Å²) < 4.78 is 19.3. The molecule has 0 radical (unpaired) electrons. The Morgan fingerprint density at radius 2 is 1.74 bits per heavy atom. The van der Waals surface area contributed by atoms with Crippen molar-refractivity contribution in [1.82, 2.24) is 4.98 Å². The van der Waals surface area contributed by atoms with Gasteiger partial charge in [-0.05, 0) is 72.3 Å². The van der Waals surface area contributed by atoms with Gasteiger partial charge < -0.3 is 15.2 Å². The summed E-state index contributed by atoms with van der Waals surface area (Å²) in [5.41, 5.74) is 0.993. The number of carbonyl (C=O) groups is 1. The van der Waals surface area contributed by atoms with E-state index in [-0.39, 0.29) is 16.9 Å². The van der Waals surface area contributed by atoms with Crippen LogP contribution < -0.4 is 10.1 Å². The Balaban J connectivity index is 1.51. The molecular formula is C25H19FN2O3. The zero-order chi connectivity index (χ0) is 21.4. The molecule has 5 nitrogen and oxygen atoms in total. The van der Waals surface area contributed by atoms with E-state index < -0.39 is 5.97 Å². The smallest absolute Gasteiger partial charge is 0.335 e. The van der Waals surface area contributed by atoms with Gasteiger partial charge in [-0.1, -0.05) is 24.3 Å². The highest BCUT2D eigenvalue weighted by molar-refractivity contribution is 5.97. The molecule has 1 heterocycles. The lowest BCUT2D eigenvalue weighted by molar-refractivity contribution is 0.0697. The van der Waals surface area contributed by atoms with Gasteiger partial charge in [0.2, 0.25) is 0 Å². The maximum atomic E-state index is 13.3. The number of nitrogens with zero attached hydrogens (tertiary/aromatic N) is 1. The van der Waals surface area contributed by atoms with E-state index in [1.54, 1.807) is 30.5 Å². The minimum Gasteiger partial charge on any atom is -0.478 e. The summed E-state index contributed by atoms with van der Waals surface area (Å²) in [5, 5.41) is 14.5. The maximum absolute atomic E-state index is 13.3. The number of carboxylic acid groups (broad SMARTS) is 1. The van der Waals surface area contributed by atoms with Crippen LogP contribution in [0.5, 0.6) is 11.5 Å². The number of carboxylic acids is 1. The van der Waals surface area contributed by atoms with Crippen LogP contribution in [0.2, 0.25) is 0 Å². The molecule has 6 heteroatoms. The largest absolute Gasteiger partial charge is 0.478 e. The number of hydrogen-bond acceptors (Lipinski definition) is 4. The van der Waals surface area contributed by atoms with Gasteiger partial charge in [0.25, 0.3) is 0 Å². The number of aromatic nitrogens is 1. The van der Waals surface area contributed by atoms with E-state index in [9.17, 15) is 9.18 Å². The molecule has 1 aliphatic carbocycles. The Bertz CT molecular complexity index is 1260. The molecule has 1 aromatic heterocycles. The second-order valence-corrected chi connectivity index (χ2v) is 7.66. The van der Waals surface area contributed by atoms with Gasteiger partial charge >= 0.3 is 5.97 Å². The molecule has 154 valence electrons. The number of benzene rings is 3. The second kappa shape index (κ2) is 7.40. The van der Waals surface area contributed by atoms with Crippen molar-refractivity contribution in [1.29, 1.82) is 0 Å². The van der Waals surface area contributed by atoms with E-state index in [1.165, 1.54) is 12.1 Å². The SMILES string of the molecule is O=C(O)c1ccc(C2(Nc3nccc4cccc(Oc5ccc(F)cc5)c34)CC2)cc1. The Hall–Kier alpha value is -3.93. The highest BCUT2D eigenvalue weighted by Crippen LogP contribution is 2.49. The fourth-order valence-corrected chi connectivity index (χ4v) is 3.78. The zero-order valence-corrected chi connectivity index (χ0v) is 16.5. The summed E-state index contributed by atoms with van der Waals surface area (Å²) in [6, 6.07) is 20.5. The summed E-state index contributed by atoms with van der Waals surface area (Å²) >= 11 is 0. The first kappa shape index (κ1) is 19.1. The minimum absolute atomic E-state index is 0.262. The summed E-state index contributed by atoms with van der Waals surface area (Å²) in [6.07, 6.45) is 3.58. The van der Waals surface area contributed by atoms with E-state index in [0.717, 1.165) is 29.2 Å². The van der Waals surface area contributed by atoms with Crippen LogP contribution >= 0.6 is 0 Å². The predicted molar refractivity (Wildman–Crippen MR) is 116 cm³/mol. The summed E-state index contributed by atoms with van der Waals surface area (Å²) in [4.78, 5) is 15.7. The highest BCUT2D eigenvalue weighted by Gasteiger charge is 2.45. The van der Waals surface area contributed by atoms with Crippen LogP contribution in [-0.2, 0) is 5.54 Å². The number of rotatable bonds is 6. The highest BCUT2D eigenvalue weighted by atomic mass is 19.1. The topological polar surface area (TPSA) is 71.5 Å². The van der Waals surface area contributed by atoms with Gasteiger partial charge in [0, 0.05) is 6.20 Å². The molecule has 4 aromatic rings. The first-order valence-corrected chi connectivity index (χ1v) is 9.97. The van der Waals surface area contributed by atoms with Crippen molar-refractivity contribution in [3.63, 3.8) is 0 Å². The van der Waals surface area contributed by atoms with Gasteiger partial charge in [-0.2, -0.15) is 0 Å². The van der Waals surface area contributed by atoms with Crippen molar-refractivity contribution >= 4 is 22.6 Å². The van der Waals surface area contributed by atoms with Gasteiger partial charge in [0.15, 0.2) is 0 Å². The number of hydrogen-bond donors (Lipinski definition) is 2. The summed E-state index contributed by atoms with van der Waals surface area (Å²) in [5.74, 6) is 0.586. The Morgan fingerprint density at radius 3 is 2.42 bits per heavy atom. The molecule has 0 bridgehead atoms. The average Bonchev–Trinajstić information content (AvgIpc) is 3.56. The molecule has 31 heavy (non-hydrogen) atoms. The first-order valence-electron chi connectivity index (χ1n) is 9.97. The number of pyridine rings is 1. The van der Waals surface area contributed by atoms with Gasteiger partial charge in [-0.25, -0.2) is 14.2 Å². The van der Waals surface area contributed by atoms with Gasteiger partial charge in [-0.3, -0.25) is 0 Å². The van der Waals surface area contributed by atoms with E-state index in [2.05, 4.69) is 10.3 Å². The lowest BCUT2D eigenvalue weighted by atomic mass is 10.0. The van der Waals surface area contributed by atoms with E-state index >= 15 is 0 Å². The van der Waals surface area contributed by atoms with Crippen LogP contribution in [0.3, 0.4) is 0 Å². The molecule has 2 N–H and O–H groups in total. The molecule has 0 aliphatic heterocycles. The number of halogens is 1. The van der Waals surface area contributed by atoms with Crippen LogP contribution in [0.15, 0.2) is 79.0 Å². The summed E-state index contributed by atoms with van der Waals surface area (Å²) in [7, 11) is 0. The third kappa shape index (κ3) is 3.68. The fourth-order valence-electron chi connectivity index (χ4n) is 3.78. The maximum Gasteiger partial charge on any atom is 0.335 e. The minimum atomic E-state index is -0.942. The van der Waals surface area contributed by atoms with Gasteiger partial charge in [0.05, 0.1) is 16.5 Å². The Kier molecular flexibility index (Phi) is 4.55. The summed E-state index contributed by atoms with van der Waals surface area (Å²) in [6.45, 7) is 0. The number of aromatic carboxylic acids is 1. The number of fused-ring (bicyclic) bond motifs is 1.